The molecule has 3 N–H and O–H groups in total. The van der Waals surface area contributed by atoms with E-state index in [-0.39, 0.29) is 0 Å². The summed E-state index contributed by atoms with van der Waals surface area (Å²) in [7, 11) is 0. The lowest BCUT2D eigenvalue weighted by Crippen LogP contribution is -2.10. The Morgan fingerprint density at radius 3 is 1.95 bits per heavy atom. The third-order valence-corrected chi connectivity index (χ3v) is 7.29. The van der Waals surface area contributed by atoms with Gasteiger partial charge in [-0.2, -0.15) is 0 Å². The summed E-state index contributed by atoms with van der Waals surface area (Å²) in [4.78, 5) is 9.29. The Labute approximate surface area is 220 Å². The highest BCUT2D eigenvalue weighted by molar-refractivity contribution is 6.22. The second-order valence-corrected chi connectivity index (χ2v) is 9.59. The van der Waals surface area contributed by atoms with Crippen molar-refractivity contribution >= 4 is 50.0 Å². The molecule has 0 bridgehead atoms. The maximum atomic E-state index is 6.87. The molecule has 4 aromatic carbocycles. The Morgan fingerprint density at radius 1 is 0.658 bits per heavy atom. The number of fused-ring (bicyclic) bond motifs is 5. The highest BCUT2D eigenvalue weighted by Gasteiger charge is 2.24. The molecule has 0 spiro atoms. The zero-order chi connectivity index (χ0) is 25.8. The van der Waals surface area contributed by atoms with Crippen LogP contribution in [0.2, 0.25) is 0 Å². The number of nitrogens with zero attached hydrogens (tertiary/aromatic N) is 4. The average Bonchev–Trinajstić information content (AvgIpc) is 3.45. The number of para-hydroxylation sites is 4. The van der Waals surface area contributed by atoms with Crippen LogP contribution in [0, 0.1) is 13.8 Å². The lowest BCUT2D eigenvalue weighted by Gasteiger charge is -2.17. The second-order valence-electron chi connectivity index (χ2n) is 9.59. The molecule has 0 unspecified atom stereocenters. The van der Waals surface area contributed by atoms with E-state index in [4.69, 9.17) is 10.7 Å². The molecular formula is C32H26N6. The Balaban J connectivity index is 1.58. The van der Waals surface area contributed by atoms with Crippen LogP contribution in [0.3, 0.4) is 0 Å². The van der Waals surface area contributed by atoms with Crippen molar-refractivity contribution in [3.8, 4) is 11.5 Å². The Hall–Kier alpha value is -5.10. The summed E-state index contributed by atoms with van der Waals surface area (Å²) < 4.78 is 4.47. The predicted octanol–water partition coefficient (Wildman–Crippen LogP) is 7.46. The molecule has 38 heavy (non-hydrogen) atoms. The van der Waals surface area contributed by atoms with Gasteiger partial charge in [0.15, 0.2) is 11.6 Å². The first kappa shape index (κ1) is 22.1. The molecule has 7 rings (SSSR count). The second kappa shape index (κ2) is 8.49. The first-order valence-corrected chi connectivity index (χ1v) is 12.7. The lowest BCUT2D eigenvalue weighted by atomic mass is 10.1. The van der Waals surface area contributed by atoms with Crippen LogP contribution in [0.5, 0.6) is 0 Å². The van der Waals surface area contributed by atoms with Gasteiger partial charge in [0.05, 0.1) is 11.0 Å². The molecular weight excluding hydrogens is 468 g/mol. The summed E-state index contributed by atoms with van der Waals surface area (Å²) in [5, 5.41) is 6.98. The highest BCUT2D eigenvalue weighted by Crippen LogP contribution is 2.41. The average molecular weight is 495 g/mol. The molecule has 6 heteroatoms. The molecule has 0 amide bonds. The van der Waals surface area contributed by atoms with Gasteiger partial charge in [0.2, 0.25) is 0 Å². The Morgan fingerprint density at radius 2 is 1.26 bits per heavy atom. The monoisotopic (exact) mass is 494 g/mol. The van der Waals surface area contributed by atoms with Crippen molar-refractivity contribution in [1.29, 1.82) is 0 Å². The number of rotatable bonds is 4. The smallest absolute Gasteiger partial charge is 0.167 e. The van der Waals surface area contributed by atoms with E-state index < -0.39 is 0 Å². The summed E-state index contributed by atoms with van der Waals surface area (Å²) in [6.07, 6.45) is 1.58. The number of nitrogens with two attached hydrogens (primary N) is 1. The molecule has 0 saturated carbocycles. The van der Waals surface area contributed by atoms with Crippen LogP contribution in [-0.4, -0.2) is 19.1 Å². The number of aryl methyl sites for hydroxylation is 2. The van der Waals surface area contributed by atoms with Crippen LogP contribution >= 0.6 is 0 Å². The summed E-state index contributed by atoms with van der Waals surface area (Å²) in [6.45, 7) is 4.16. The van der Waals surface area contributed by atoms with Crippen molar-refractivity contribution in [1.82, 2.24) is 19.1 Å². The summed E-state index contributed by atoms with van der Waals surface area (Å²) >= 11 is 0. The quantitative estimate of drug-likeness (QED) is 0.266. The largest absolute Gasteiger partial charge is 0.393 e. The first-order chi connectivity index (χ1) is 18.6. The van der Waals surface area contributed by atoms with Gasteiger partial charge in [-0.1, -0.05) is 72.8 Å². The highest BCUT2D eigenvalue weighted by atomic mass is 15.2. The van der Waals surface area contributed by atoms with Crippen LogP contribution in [0.1, 0.15) is 11.1 Å². The summed E-state index contributed by atoms with van der Waals surface area (Å²) in [5.74, 6) is 1.22. The van der Waals surface area contributed by atoms with Crippen molar-refractivity contribution in [2.75, 3.05) is 11.1 Å². The molecule has 6 nitrogen and oxygen atoms in total. The molecule has 0 atom stereocenters. The molecule has 184 valence electrons. The van der Waals surface area contributed by atoms with E-state index in [2.05, 4.69) is 124 Å². The molecule has 7 aromatic rings. The fourth-order valence-corrected chi connectivity index (χ4v) is 5.54. The number of benzene rings is 4. The third kappa shape index (κ3) is 3.20. The van der Waals surface area contributed by atoms with Crippen LogP contribution in [-0.2, 0) is 0 Å². The van der Waals surface area contributed by atoms with Crippen molar-refractivity contribution in [2.24, 2.45) is 0 Å². The van der Waals surface area contributed by atoms with Gasteiger partial charge < -0.3 is 11.1 Å². The van der Waals surface area contributed by atoms with Gasteiger partial charge in [0.25, 0.3) is 0 Å². The minimum atomic E-state index is 0.489. The van der Waals surface area contributed by atoms with Gasteiger partial charge in [-0.15, -0.1) is 0 Å². The Kier molecular flexibility index (Phi) is 4.94. The Bertz CT molecular complexity index is 1960. The van der Waals surface area contributed by atoms with Gasteiger partial charge in [0.1, 0.15) is 17.7 Å². The molecule has 0 fully saturated rings. The van der Waals surface area contributed by atoms with Crippen LogP contribution in [0.15, 0.2) is 103 Å². The van der Waals surface area contributed by atoms with Gasteiger partial charge in [-0.25, -0.2) is 9.97 Å². The van der Waals surface area contributed by atoms with E-state index in [0.717, 1.165) is 44.6 Å². The van der Waals surface area contributed by atoms with E-state index in [9.17, 15) is 0 Å². The number of hydrogen-bond acceptors (Lipinski definition) is 4. The normalized spacial score (nSPS) is 11.5. The number of nitrogens with one attached hydrogen (secondary N) is 1. The van der Waals surface area contributed by atoms with Gasteiger partial charge in [0, 0.05) is 27.5 Å². The van der Waals surface area contributed by atoms with E-state index in [1.165, 1.54) is 10.8 Å². The van der Waals surface area contributed by atoms with Gasteiger partial charge in [-0.05, 0) is 49.2 Å². The standard InChI is InChI=1S/C32H26N6/c1-20-11-10-12-21(2)29(20)36-30-28(33)31(35-19-34-30)38-26-18-9-7-16-24(26)27-23-15-6-8-17-25(23)37(32(27)38)22-13-4-3-5-14-22/h3-19H,33H2,1-2H3,(H,34,35,36). The van der Waals surface area contributed by atoms with Crippen LogP contribution in [0.25, 0.3) is 44.3 Å². The van der Waals surface area contributed by atoms with Crippen molar-refractivity contribution < 1.29 is 0 Å². The minimum Gasteiger partial charge on any atom is -0.393 e. The number of aromatic nitrogens is 4. The fourth-order valence-electron chi connectivity index (χ4n) is 5.54. The van der Waals surface area contributed by atoms with Crippen LogP contribution < -0.4 is 11.1 Å². The molecule has 0 aliphatic heterocycles. The molecule has 3 heterocycles. The molecule has 0 radical (unpaired) electrons. The summed E-state index contributed by atoms with van der Waals surface area (Å²) in [5.41, 5.74) is 14.9. The van der Waals surface area contributed by atoms with Gasteiger partial charge >= 0.3 is 0 Å². The number of anilines is 3. The summed E-state index contributed by atoms with van der Waals surface area (Å²) in [6, 6.07) is 33.6. The minimum absolute atomic E-state index is 0.489. The zero-order valence-corrected chi connectivity index (χ0v) is 21.2. The molecule has 3 aromatic heterocycles. The van der Waals surface area contributed by atoms with Crippen molar-refractivity contribution in [3.05, 3.63) is 115 Å². The topological polar surface area (TPSA) is 73.7 Å². The zero-order valence-electron chi connectivity index (χ0n) is 21.2. The molecule has 0 aliphatic rings. The fraction of sp³-hybridized carbons (Fsp3) is 0.0625. The third-order valence-electron chi connectivity index (χ3n) is 7.29. The number of hydrogen-bond donors (Lipinski definition) is 2. The van der Waals surface area contributed by atoms with Crippen LogP contribution in [0.4, 0.5) is 17.2 Å². The predicted molar refractivity (Wildman–Crippen MR) is 157 cm³/mol. The SMILES string of the molecule is Cc1cccc(C)c1Nc1ncnc(-n2c3ccccc3c3c4ccccc4n(-c4ccccc4)c32)c1N. The molecule has 0 saturated heterocycles. The van der Waals surface area contributed by atoms with Crippen molar-refractivity contribution in [2.45, 2.75) is 13.8 Å². The first-order valence-electron chi connectivity index (χ1n) is 12.7. The maximum Gasteiger partial charge on any atom is 0.167 e. The lowest BCUT2D eigenvalue weighted by molar-refractivity contribution is 1.00. The van der Waals surface area contributed by atoms with E-state index >= 15 is 0 Å². The number of nitrogen functional groups attached to an aromatic ring is 1. The maximum absolute atomic E-state index is 6.87. The van der Waals surface area contributed by atoms with E-state index in [1.54, 1.807) is 6.33 Å². The van der Waals surface area contributed by atoms with Gasteiger partial charge in [-0.3, -0.25) is 9.13 Å². The molecule has 0 aliphatic carbocycles. The van der Waals surface area contributed by atoms with E-state index in [1.807, 2.05) is 6.07 Å². The van der Waals surface area contributed by atoms with Crippen molar-refractivity contribution in [3.63, 3.8) is 0 Å². The van der Waals surface area contributed by atoms with E-state index in [0.29, 0.717) is 17.3 Å².